The van der Waals surface area contributed by atoms with Gasteiger partial charge in [-0.15, -0.1) is 0 Å². The van der Waals surface area contributed by atoms with Crippen molar-refractivity contribution < 1.29 is 4.79 Å². The molecule has 0 fully saturated rings. The van der Waals surface area contributed by atoms with Crippen LogP contribution < -0.4 is 10.6 Å². The van der Waals surface area contributed by atoms with Gasteiger partial charge in [-0.25, -0.2) is 4.98 Å². The van der Waals surface area contributed by atoms with Crippen molar-refractivity contribution in [1.82, 2.24) is 9.97 Å². The monoisotopic (exact) mass is 284 g/mol. The summed E-state index contributed by atoms with van der Waals surface area (Å²) in [6, 6.07) is 5.81. The molecule has 2 aromatic rings. The molecule has 2 N–H and O–H groups in total. The first-order valence-electron chi connectivity index (χ1n) is 7.04. The molecular formula is C16H20N4O. The maximum Gasteiger partial charge on any atom is 0.275 e. The van der Waals surface area contributed by atoms with E-state index in [1.54, 1.807) is 6.20 Å². The average Bonchev–Trinajstić information content (AvgIpc) is 2.49. The number of hydrogen-bond acceptors (Lipinski definition) is 4. The topological polar surface area (TPSA) is 66.9 Å². The van der Waals surface area contributed by atoms with Crippen molar-refractivity contribution in [2.75, 3.05) is 17.2 Å². The molecule has 0 unspecified atom stereocenters. The van der Waals surface area contributed by atoms with Crippen LogP contribution in [0.3, 0.4) is 0 Å². The van der Waals surface area contributed by atoms with Crippen molar-refractivity contribution in [2.45, 2.75) is 27.2 Å². The van der Waals surface area contributed by atoms with Gasteiger partial charge in [-0.05, 0) is 43.5 Å². The van der Waals surface area contributed by atoms with Crippen LogP contribution in [0.15, 0.2) is 30.6 Å². The van der Waals surface area contributed by atoms with E-state index in [1.165, 1.54) is 11.8 Å². The van der Waals surface area contributed by atoms with Crippen LogP contribution in [-0.2, 0) is 0 Å². The molecule has 0 aliphatic rings. The van der Waals surface area contributed by atoms with Gasteiger partial charge in [0.25, 0.3) is 5.91 Å². The van der Waals surface area contributed by atoms with E-state index >= 15 is 0 Å². The zero-order chi connectivity index (χ0) is 15.2. The predicted molar refractivity (Wildman–Crippen MR) is 84.7 cm³/mol. The van der Waals surface area contributed by atoms with E-state index in [-0.39, 0.29) is 5.91 Å². The van der Waals surface area contributed by atoms with Gasteiger partial charge >= 0.3 is 0 Å². The lowest BCUT2D eigenvalue weighted by atomic mass is 10.1. The molecule has 0 atom stereocenters. The Hall–Kier alpha value is -2.43. The Morgan fingerprint density at radius 1 is 1.19 bits per heavy atom. The predicted octanol–water partition coefficient (Wildman–Crippen LogP) is 3.17. The SMILES string of the molecule is CCCNc1cncc(C(=O)Nc2ccc(C)c(C)c2)n1. The number of hydrogen-bond donors (Lipinski definition) is 2. The van der Waals surface area contributed by atoms with Gasteiger partial charge in [0, 0.05) is 12.2 Å². The molecule has 0 radical (unpaired) electrons. The minimum atomic E-state index is -0.258. The molecule has 1 heterocycles. The quantitative estimate of drug-likeness (QED) is 0.885. The van der Waals surface area contributed by atoms with Crippen molar-refractivity contribution >= 4 is 17.4 Å². The zero-order valence-electron chi connectivity index (χ0n) is 12.6. The molecule has 21 heavy (non-hydrogen) atoms. The maximum atomic E-state index is 12.2. The van der Waals surface area contributed by atoms with Gasteiger partial charge in [-0.3, -0.25) is 9.78 Å². The van der Waals surface area contributed by atoms with Crippen LogP contribution in [0.25, 0.3) is 0 Å². The van der Waals surface area contributed by atoms with Crippen molar-refractivity contribution in [3.8, 4) is 0 Å². The number of nitrogens with one attached hydrogen (secondary N) is 2. The molecule has 0 aliphatic heterocycles. The molecule has 0 bridgehead atoms. The number of nitrogens with zero attached hydrogens (tertiary/aromatic N) is 2. The molecular weight excluding hydrogens is 264 g/mol. The van der Waals surface area contributed by atoms with E-state index in [0.29, 0.717) is 11.5 Å². The minimum Gasteiger partial charge on any atom is -0.369 e. The number of aryl methyl sites for hydroxylation is 2. The maximum absolute atomic E-state index is 12.2. The number of amides is 1. The number of carbonyl (C=O) groups excluding carboxylic acids is 1. The van der Waals surface area contributed by atoms with Crippen LogP contribution in [0.4, 0.5) is 11.5 Å². The van der Waals surface area contributed by atoms with Crippen molar-refractivity contribution in [3.05, 3.63) is 47.4 Å². The highest BCUT2D eigenvalue weighted by molar-refractivity contribution is 6.02. The summed E-state index contributed by atoms with van der Waals surface area (Å²) in [6.45, 7) is 6.92. The Morgan fingerprint density at radius 3 is 2.71 bits per heavy atom. The fourth-order valence-electron chi connectivity index (χ4n) is 1.83. The van der Waals surface area contributed by atoms with Crippen LogP contribution in [-0.4, -0.2) is 22.4 Å². The number of anilines is 2. The summed E-state index contributed by atoms with van der Waals surface area (Å²) in [6.07, 6.45) is 4.07. The van der Waals surface area contributed by atoms with Gasteiger partial charge in [-0.1, -0.05) is 13.0 Å². The lowest BCUT2D eigenvalue weighted by Gasteiger charge is -2.08. The smallest absolute Gasteiger partial charge is 0.275 e. The lowest BCUT2D eigenvalue weighted by molar-refractivity contribution is 0.102. The largest absolute Gasteiger partial charge is 0.369 e. The van der Waals surface area contributed by atoms with E-state index in [4.69, 9.17) is 0 Å². The van der Waals surface area contributed by atoms with Gasteiger partial charge in [0.15, 0.2) is 0 Å². The summed E-state index contributed by atoms with van der Waals surface area (Å²) in [5, 5.41) is 5.96. The molecule has 0 saturated heterocycles. The van der Waals surface area contributed by atoms with Crippen LogP contribution in [0, 0.1) is 13.8 Å². The number of aromatic nitrogens is 2. The lowest BCUT2D eigenvalue weighted by Crippen LogP contribution is -2.15. The highest BCUT2D eigenvalue weighted by Gasteiger charge is 2.09. The summed E-state index contributed by atoms with van der Waals surface area (Å²) in [5.74, 6) is 0.357. The number of benzene rings is 1. The zero-order valence-corrected chi connectivity index (χ0v) is 12.6. The fourth-order valence-corrected chi connectivity index (χ4v) is 1.83. The van der Waals surface area contributed by atoms with Gasteiger partial charge in [0.2, 0.25) is 0 Å². The highest BCUT2D eigenvalue weighted by atomic mass is 16.1. The van der Waals surface area contributed by atoms with Gasteiger partial charge in [0.1, 0.15) is 11.5 Å². The molecule has 0 spiro atoms. The molecule has 0 saturated carbocycles. The Labute approximate surface area is 124 Å². The first-order valence-corrected chi connectivity index (χ1v) is 7.04. The van der Waals surface area contributed by atoms with Crippen LogP contribution in [0.1, 0.15) is 35.0 Å². The molecule has 0 aliphatic carbocycles. The third-order valence-electron chi connectivity index (χ3n) is 3.19. The third kappa shape index (κ3) is 4.02. The van der Waals surface area contributed by atoms with Crippen molar-refractivity contribution in [2.24, 2.45) is 0 Å². The number of rotatable bonds is 5. The standard InChI is InChI=1S/C16H20N4O/c1-4-7-18-15-10-17-9-14(20-15)16(21)19-13-6-5-11(2)12(3)8-13/h5-6,8-10H,4,7H2,1-3H3,(H,18,20)(H,19,21). The summed E-state index contributed by atoms with van der Waals surface area (Å²) in [7, 11) is 0. The van der Waals surface area contributed by atoms with Crippen molar-refractivity contribution in [1.29, 1.82) is 0 Å². The van der Waals surface area contributed by atoms with E-state index in [0.717, 1.165) is 24.2 Å². The Balaban J connectivity index is 2.10. The van der Waals surface area contributed by atoms with Crippen LogP contribution >= 0.6 is 0 Å². The summed E-state index contributed by atoms with van der Waals surface area (Å²) in [5.41, 5.74) is 3.39. The molecule has 1 aromatic heterocycles. The second-order valence-electron chi connectivity index (χ2n) is 4.97. The molecule has 110 valence electrons. The van der Waals surface area contributed by atoms with Gasteiger partial charge < -0.3 is 10.6 Å². The fraction of sp³-hybridized carbons (Fsp3) is 0.312. The highest BCUT2D eigenvalue weighted by Crippen LogP contribution is 2.15. The minimum absolute atomic E-state index is 0.258. The number of carbonyl (C=O) groups is 1. The Kier molecular flexibility index (Phi) is 4.87. The first kappa shape index (κ1) is 15.0. The van der Waals surface area contributed by atoms with E-state index < -0.39 is 0 Å². The second-order valence-corrected chi connectivity index (χ2v) is 4.97. The normalized spacial score (nSPS) is 10.2. The summed E-state index contributed by atoms with van der Waals surface area (Å²) < 4.78 is 0. The summed E-state index contributed by atoms with van der Waals surface area (Å²) >= 11 is 0. The first-order chi connectivity index (χ1) is 10.1. The average molecular weight is 284 g/mol. The van der Waals surface area contributed by atoms with E-state index in [1.807, 2.05) is 32.0 Å². The molecule has 2 rings (SSSR count). The second kappa shape index (κ2) is 6.83. The molecule has 1 amide bonds. The Morgan fingerprint density at radius 2 is 2.00 bits per heavy atom. The molecule has 1 aromatic carbocycles. The van der Waals surface area contributed by atoms with E-state index in [2.05, 4.69) is 27.5 Å². The third-order valence-corrected chi connectivity index (χ3v) is 3.19. The molecule has 5 nitrogen and oxygen atoms in total. The van der Waals surface area contributed by atoms with Crippen LogP contribution in [0.5, 0.6) is 0 Å². The Bertz CT molecular complexity index is 640. The molecule has 5 heteroatoms. The van der Waals surface area contributed by atoms with Crippen LogP contribution in [0.2, 0.25) is 0 Å². The van der Waals surface area contributed by atoms with Gasteiger partial charge in [-0.2, -0.15) is 0 Å². The van der Waals surface area contributed by atoms with Crippen molar-refractivity contribution in [3.63, 3.8) is 0 Å². The van der Waals surface area contributed by atoms with E-state index in [9.17, 15) is 4.79 Å². The summed E-state index contributed by atoms with van der Waals surface area (Å²) in [4.78, 5) is 20.5. The van der Waals surface area contributed by atoms with Gasteiger partial charge in [0.05, 0.1) is 12.4 Å².